The summed E-state index contributed by atoms with van der Waals surface area (Å²) in [5.74, 6) is 1.86. The molecule has 0 spiro atoms. The molecule has 1 aromatic carbocycles. The maximum atomic E-state index is 5.48. The molecule has 1 aromatic heterocycles. The third kappa shape index (κ3) is 7.97. The van der Waals surface area contributed by atoms with Gasteiger partial charge in [0.2, 0.25) is 0 Å². The van der Waals surface area contributed by atoms with E-state index in [4.69, 9.17) is 9.15 Å². The van der Waals surface area contributed by atoms with Gasteiger partial charge in [0.15, 0.2) is 5.96 Å². The summed E-state index contributed by atoms with van der Waals surface area (Å²) in [6.45, 7) is 6.63. The average molecular weight is 442 g/mol. The van der Waals surface area contributed by atoms with E-state index in [1.54, 1.807) is 13.4 Å². The van der Waals surface area contributed by atoms with Crippen molar-refractivity contribution in [3.63, 3.8) is 0 Å². The summed E-state index contributed by atoms with van der Waals surface area (Å²) in [7, 11) is 5.74. The Hall–Kier alpha value is -2.35. The van der Waals surface area contributed by atoms with Gasteiger partial charge < -0.3 is 24.7 Å². The summed E-state index contributed by atoms with van der Waals surface area (Å²) in [5, 5.41) is 7.14. The molecule has 2 aromatic rings. The Bertz CT molecular complexity index is 800. The summed E-state index contributed by atoms with van der Waals surface area (Å²) in [6.07, 6.45) is 5.11. The van der Waals surface area contributed by atoms with Crippen molar-refractivity contribution in [2.75, 3.05) is 47.4 Å². The van der Waals surface area contributed by atoms with Crippen LogP contribution in [0.3, 0.4) is 0 Å². The lowest BCUT2D eigenvalue weighted by Gasteiger charge is -2.33. The van der Waals surface area contributed by atoms with E-state index in [1.807, 2.05) is 19.2 Å². The molecular formula is C25H39N5O2. The van der Waals surface area contributed by atoms with Gasteiger partial charge in [-0.3, -0.25) is 9.89 Å². The molecule has 1 fully saturated rings. The van der Waals surface area contributed by atoms with Gasteiger partial charge in [-0.05, 0) is 49.6 Å². The van der Waals surface area contributed by atoms with Gasteiger partial charge in [-0.25, -0.2) is 0 Å². The van der Waals surface area contributed by atoms with Crippen LogP contribution in [0.4, 0.5) is 0 Å². The van der Waals surface area contributed by atoms with E-state index in [1.165, 1.54) is 11.1 Å². The van der Waals surface area contributed by atoms with Crippen LogP contribution in [-0.4, -0.2) is 69.2 Å². The molecule has 0 aliphatic carbocycles. The number of aliphatic imine (C=N–C) groups is 1. The molecule has 1 aliphatic rings. The lowest BCUT2D eigenvalue weighted by molar-refractivity contribution is 0.155. The Morgan fingerprint density at radius 1 is 1.16 bits per heavy atom. The molecule has 0 bridgehead atoms. The molecule has 1 aliphatic heterocycles. The lowest BCUT2D eigenvalue weighted by atomic mass is 10.0. The third-order valence-corrected chi connectivity index (χ3v) is 5.99. The second-order valence-corrected chi connectivity index (χ2v) is 8.55. The van der Waals surface area contributed by atoms with Crippen LogP contribution < -0.4 is 10.6 Å². The maximum Gasteiger partial charge on any atom is 0.191 e. The molecule has 2 heterocycles. The normalized spacial score (nSPS) is 15.9. The fraction of sp³-hybridized carbons (Fsp3) is 0.560. The SMILES string of the molecule is CN=C(NCc1ccccc1CN(C)Cc1ccco1)NC1CCN(CCCOC)CC1. The van der Waals surface area contributed by atoms with Crippen molar-refractivity contribution < 1.29 is 9.15 Å². The van der Waals surface area contributed by atoms with E-state index < -0.39 is 0 Å². The number of nitrogens with zero attached hydrogens (tertiary/aromatic N) is 3. The molecular weight excluding hydrogens is 402 g/mol. The van der Waals surface area contributed by atoms with Crippen molar-refractivity contribution in [2.45, 2.75) is 44.9 Å². The Labute approximate surface area is 192 Å². The van der Waals surface area contributed by atoms with Crippen molar-refractivity contribution in [3.8, 4) is 0 Å². The van der Waals surface area contributed by atoms with Crippen LogP contribution in [0.15, 0.2) is 52.1 Å². The first kappa shape index (κ1) is 24.3. The number of nitrogens with one attached hydrogen (secondary N) is 2. The summed E-state index contributed by atoms with van der Waals surface area (Å²) in [4.78, 5) is 9.26. The van der Waals surface area contributed by atoms with Crippen LogP contribution in [0.2, 0.25) is 0 Å². The minimum absolute atomic E-state index is 0.467. The molecule has 0 saturated carbocycles. The van der Waals surface area contributed by atoms with Crippen LogP contribution in [0.5, 0.6) is 0 Å². The second kappa shape index (κ2) is 13.3. The van der Waals surface area contributed by atoms with Crippen LogP contribution in [0.25, 0.3) is 0 Å². The van der Waals surface area contributed by atoms with E-state index in [-0.39, 0.29) is 0 Å². The number of rotatable bonds is 11. The highest BCUT2D eigenvalue weighted by atomic mass is 16.5. The van der Waals surface area contributed by atoms with Crippen LogP contribution in [0, 0.1) is 0 Å². The van der Waals surface area contributed by atoms with E-state index >= 15 is 0 Å². The first-order valence-corrected chi connectivity index (χ1v) is 11.6. The lowest BCUT2D eigenvalue weighted by Crippen LogP contribution is -2.48. The van der Waals surface area contributed by atoms with Gasteiger partial charge >= 0.3 is 0 Å². The summed E-state index contributed by atoms with van der Waals surface area (Å²) in [6, 6.07) is 13.0. The molecule has 1 saturated heterocycles. The molecule has 0 amide bonds. The largest absolute Gasteiger partial charge is 0.468 e. The van der Waals surface area contributed by atoms with E-state index in [0.717, 1.165) is 76.9 Å². The first-order chi connectivity index (χ1) is 15.7. The number of benzene rings is 1. The smallest absolute Gasteiger partial charge is 0.191 e. The van der Waals surface area contributed by atoms with Crippen LogP contribution in [-0.2, 0) is 24.4 Å². The standard InChI is InChI=1S/C25H39N5O2/c1-26-25(28-23-11-14-30(15-12-23)13-7-16-31-3)27-18-21-8-4-5-9-22(21)19-29(2)20-24-10-6-17-32-24/h4-6,8-10,17,23H,7,11-16,18-20H2,1-3H3,(H2,26,27,28). The Morgan fingerprint density at radius 2 is 1.94 bits per heavy atom. The number of ether oxygens (including phenoxy) is 1. The minimum Gasteiger partial charge on any atom is -0.468 e. The zero-order valence-electron chi connectivity index (χ0n) is 19.8. The second-order valence-electron chi connectivity index (χ2n) is 8.55. The zero-order chi connectivity index (χ0) is 22.6. The van der Waals surface area contributed by atoms with Gasteiger partial charge in [0.25, 0.3) is 0 Å². The molecule has 0 radical (unpaired) electrons. The van der Waals surface area contributed by atoms with Gasteiger partial charge in [0.1, 0.15) is 5.76 Å². The maximum absolute atomic E-state index is 5.48. The van der Waals surface area contributed by atoms with Crippen molar-refractivity contribution in [1.82, 2.24) is 20.4 Å². The summed E-state index contributed by atoms with van der Waals surface area (Å²) < 4.78 is 10.6. The molecule has 3 rings (SSSR count). The van der Waals surface area contributed by atoms with Gasteiger partial charge in [-0.1, -0.05) is 24.3 Å². The monoisotopic (exact) mass is 441 g/mol. The number of hydrogen-bond donors (Lipinski definition) is 2. The quantitative estimate of drug-likeness (QED) is 0.317. The minimum atomic E-state index is 0.467. The predicted octanol–water partition coefficient (Wildman–Crippen LogP) is 3.08. The summed E-state index contributed by atoms with van der Waals surface area (Å²) >= 11 is 0. The average Bonchev–Trinajstić information content (AvgIpc) is 3.31. The number of hydrogen-bond acceptors (Lipinski definition) is 5. The number of piperidine rings is 1. The number of guanidine groups is 1. The van der Waals surface area contributed by atoms with E-state index in [2.05, 4.69) is 56.7 Å². The zero-order valence-corrected chi connectivity index (χ0v) is 19.8. The predicted molar refractivity (Wildman–Crippen MR) is 130 cm³/mol. The van der Waals surface area contributed by atoms with Crippen molar-refractivity contribution in [3.05, 3.63) is 59.5 Å². The molecule has 176 valence electrons. The fourth-order valence-corrected chi connectivity index (χ4v) is 4.20. The molecule has 7 heteroatoms. The van der Waals surface area contributed by atoms with Crippen molar-refractivity contribution in [2.24, 2.45) is 4.99 Å². The Morgan fingerprint density at radius 3 is 2.62 bits per heavy atom. The molecule has 0 unspecified atom stereocenters. The van der Waals surface area contributed by atoms with Gasteiger partial charge in [0.05, 0.1) is 12.8 Å². The van der Waals surface area contributed by atoms with Crippen molar-refractivity contribution >= 4 is 5.96 Å². The third-order valence-electron chi connectivity index (χ3n) is 5.99. The first-order valence-electron chi connectivity index (χ1n) is 11.6. The van der Waals surface area contributed by atoms with Crippen molar-refractivity contribution in [1.29, 1.82) is 0 Å². The highest BCUT2D eigenvalue weighted by Crippen LogP contribution is 2.14. The van der Waals surface area contributed by atoms with E-state index in [9.17, 15) is 0 Å². The number of methoxy groups -OCH3 is 1. The molecule has 7 nitrogen and oxygen atoms in total. The van der Waals surface area contributed by atoms with Crippen LogP contribution >= 0.6 is 0 Å². The highest BCUT2D eigenvalue weighted by Gasteiger charge is 2.19. The molecule has 2 N–H and O–H groups in total. The van der Waals surface area contributed by atoms with Gasteiger partial charge in [-0.2, -0.15) is 0 Å². The molecule has 32 heavy (non-hydrogen) atoms. The fourth-order valence-electron chi connectivity index (χ4n) is 4.20. The number of likely N-dealkylation sites (tertiary alicyclic amines) is 1. The topological polar surface area (TPSA) is 65.3 Å². The Kier molecular flexibility index (Phi) is 10.1. The van der Waals surface area contributed by atoms with Gasteiger partial charge in [-0.15, -0.1) is 0 Å². The Balaban J connectivity index is 1.45. The molecule has 0 atom stereocenters. The van der Waals surface area contributed by atoms with Crippen LogP contribution in [0.1, 0.15) is 36.1 Å². The van der Waals surface area contributed by atoms with Gasteiger partial charge in [0, 0.05) is 59.5 Å². The number of furan rings is 1. The van der Waals surface area contributed by atoms with E-state index in [0.29, 0.717) is 6.04 Å². The highest BCUT2D eigenvalue weighted by molar-refractivity contribution is 5.80. The summed E-state index contributed by atoms with van der Waals surface area (Å²) in [5.41, 5.74) is 2.60.